The third kappa shape index (κ3) is 3.23. The molecule has 1 N–H and O–H groups in total. The predicted molar refractivity (Wildman–Crippen MR) is 75.5 cm³/mol. The van der Waals surface area contributed by atoms with Crippen molar-refractivity contribution in [3.8, 4) is 0 Å². The van der Waals surface area contributed by atoms with Crippen molar-refractivity contribution in [2.75, 3.05) is 13.1 Å². The van der Waals surface area contributed by atoms with Gasteiger partial charge in [0.25, 0.3) is 0 Å². The second kappa shape index (κ2) is 5.60. The van der Waals surface area contributed by atoms with Crippen LogP contribution in [-0.4, -0.2) is 29.1 Å². The Labute approximate surface area is 119 Å². The lowest BCUT2D eigenvalue weighted by Crippen LogP contribution is -2.20. The Kier molecular flexibility index (Phi) is 3.83. The van der Waals surface area contributed by atoms with Crippen molar-refractivity contribution < 1.29 is 14.3 Å². The first kappa shape index (κ1) is 13.7. The van der Waals surface area contributed by atoms with Crippen LogP contribution in [0.3, 0.4) is 0 Å². The molecular formula is C16H23NO3. The molecule has 0 spiro atoms. The van der Waals surface area contributed by atoms with Crippen molar-refractivity contribution in [3.63, 3.8) is 0 Å². The van der Waals surface area contributed by atoms with Crippen LogP contribution in [0.4, 0.5) is 0 Å². The van der Waals surface area contributed by atoms with Gasteiger partial charge in [0.2, 0.25) is 0 Å². The summed E-state index contributed by atoms with van der Waals surface area (Å²) in [6.45, 7) is 5.19. The van der Waals surface area contributed by atoms with Crippen LogP contribution >= 0.6 is 0 Å². The summed E-state index contributed by atoms with van der Waals surface area (Å²) in [6, 6.07) is 4.23. The Morgan fingerprint density at radius 3 is 3.00 bits per heavy atom. The number of likely N-dealkylation sites (tertiary alicyclic amines) is 1. The van der Waals surface area contributed by atoms with Crippen molar-refractivity contribution in [1.82, 2.24) is 4.90 Å². The minimum absolute atomic E-state index is 0.295. The minimum atomic E-state index is -0.683. The highest BCUT2D eigenvalue weighted by Gasteiger charge is 2.36. The van der Waals surface area contributed by atoms with Crippen LogP contribution in [0, 0.1) is 11.8 Å². The first-order valence-corrected chi connectivity index (χ1v) is 7.64. The monoisotopic (exact) mass is 277 g/mol. The van der Waals surface area contributed by atoms with Crippen molar-refractivity contribution >= 4 is 5.97 Å². The average molecular weight is 277 g/mol. The van der Waals surface area contributed by atoms with Crippen LogP contribution in [0.25, 0.3) is 0 Å². The van der Waals surface area contributed by atoms with E-state index >= 15 is 0 Å². The van der Waals surface area contributed by atoms with E-state index in [1.54, 1.807) is 0 Å². The summed E-state index contributed by atoms with van der Waals surface area (Å²) in [5.74, 6) is 3.47. The average Bonchev–Trinajstić information content (AvgIpc) is 2.81. The zero-order chi connectivity index (χ0) is 14.1. The SMILES string of the molecule is CC1CC1c1ccc(CN2CCC(CCC(=O)O)C2)o1. The zero-order valence-electron chi connectivity index (χ0n) is 12.0. The van der Waals surface area contributed by atoms with Crippen molar-refractivity contribution in [3.05, 3.63) is 23.7 Å². The van der Waals surface area contributed by atoms with Crippen LogP contribution in [0.2, 0.25) is 0 Å². The molecule has 2 fully saturated rings. The molecule has 1 aromatic rings. The molecule has 1 aromatic heterocycles. The Morgan fingerprint density at radius 2 is 2.30 bits per heavy atom. The number of carbonyl (C=O) groups is 1. The maximum atomic E-state index is 10.6. The summed E-state index contributed by atoms with van der Waals surface area (Å²) >= 11 is 0. The van der Waals surface area contributed by atoms with Gasteiger partial charge in [0.15, 0.2) is 0 Å². The minimum Gasteiger partial charge on any atom is -0.481 e. The molecule has 1 saturated heterocycles. The maximum absolute atomic E-state index is 10.6. The Hall–Kier alpha value is -1.29. The van der Waals surface area contributed by atoms with Gasteiger partial charge in [-0.3, -0.25) is 9.69 Å². The quantitative estimate of drug-likeness (QED) is 0.868. The molecule has 0 aromatic carbocycles. The lowest BCUT2D eigenvalue weighted by Gasteiger charge is -2.14. The van der Waals surface area contributed by atoms with Gasteiger partial charge in [0.05, 0.1) is 6.54 Å². The summed E-state index contributed by atoms with van der Waals surface area (Å²) in [5, 5.41) is 8.73. The van der Waals surface area contributed by atoms with E-state index in [-0.39, 0.29) is 0 Å². The smallest absolute Gasteiger partial charge is 0.303 e. The van der Waals surface area contributed by atoms with E-state index in [1.807, 2.05) is 0 Å². The van der Waals surface area contributed by atoms with Crippen molar-refractivity contribution in [2.24, 2.45) is 11.8 Å². The molecule has 1 aliphatic heterocycles. The molecule has 20 heavy (non-hydrogen) atoms. The summed E-state index contributed by atoms with van der Waals surface area (Å²) in [6.07, 6.45) is 3.46. The van der Waals surface area contributed by atoms with E-state index in [1.165, 1.54) is 6.42 Å². The van der Waals surface area contributed by atoms with Gasteiger partial charge in [-0.15, -0.1) is 0 Å². The van der Waals surface area contributed by atoms with Gasteiger partial charge in [0.1, 0.15) is 11.5 Å². The molecule has 110 valence electrons. The largest absolute Gasteiger partial charge is 0.481 e. The molecule has 4 nitrogen and oxygen atoms in total. The van der Waals surface area contributed by atoms with Gasteiger partial charge in [-0.1, -0.05) is 6.92 Å². The zero-order valence-corrected chi connectivity index (χ0v) is 12.0. The summed E-state index contributed by atoms with van der Waals surface area (Å²) in [7, 11) is 0. The summed E-state index contributed by atoms with van der Waals surface area (Å²) in [5.41, 5.74) is 0. The first-order chi connectivity index (χ1) is 9.61. The fourth-order valence-corrected chi connectivity index (χ4v) is 3.24. The Balaban J connectivity index is 1.47. The lowest BCUT2D eigenvalue weighted by atomic mass is 10.0. The fourth-order valence-electron chi connectivity index (χ4n) is 3.24. The topological polar surface area (TPSA) is 53.7 Å². The number of hydrogen-bond donors (Lipinski definition) is 1. The van der Waals surface area contributed by atoms with Gasteiger partial charge < -0.3 is 9.52 Å². The van der Waals surface area contributed by atoms with Crippen LogP contribution in [0.15, 0.2) is 16.5 Å². The van der Waals surface area contributed by atoms with E-state index in [4.69, 9.17) is 9.52 Å². The fraction of sp³-hybridized carbons (Fsp3) is 0.688. The van der Waals surface area contributed by atoms with Crippen LogP contribution in [0.5, 0.6) is 0 Å². The number of carboxylic acids is 1. The number of hydrogen-bond acceptors (Lipinski definition) is 3. The molecule has 4 heteroatoms. The molecule has 0 bridgehead atoms. The number of aliphatic carboxylic acids is 1. The van der Waals surface area contributed by atoms with E-state index in [2.05, 4.69) is 24.0 Å². The molecular weight excluding hydrogens is 254 g/mol. The molecule has 1 aliphatic carbocycles. The van der Waals surface area contributed by atoms with Crippen LogP contribution in [0.1, 0.15) is 50.0 Å². The highest BCUT2D eigenvalue weighted by Crippen LogP contribution is 2.47. The molecule has 0 radical (unpaired) electrons. The molecule has 3 rings (SSSR count). The van der Waals surface area contributed by atoms with Gasteiger partial charge in [-0.05, 0) is 49.8 Å². The third-order valence-electron chi connectivity index (χ3n) is 4.67. The standard InChI is InChI=1S/C16H23NO3/c1-11-8-14(11)15-4-3-13(20-15)10-17-7-6-12(9-17)2-5-16(18)19/h3-4,11-12,14H,2,5-10H2,1H3,(H,18,19). The first-order valence-electron chi connectivity index (χ1n) is 7.64. The summed E-state index contributed by atoms with van der Waals surface area (Å²) < 4.78 is 5.94. The summed E-state index contributed by atoms with van der Waals surface area (Å²) in [4.78, 5) is 13.0. The molecule has 3 atom stereocenters. The molecule has 3 unspecified atom stereocenters. The number of furan rings is 1. The third-order valence-corrected chi connectivity index (χ3v) is 4.67. The number of carboxylic acid groups (broad SMARTS) is 1. The highest BCUT2D eigenvalue weighted by molar-refractivity contribution is 5.66. The highest BCUT2D eigenvalue weighted by atomic mass is 16.4. The molecule has 2 heterocycles. The van der Waals surface area contributed by atoms with Crippen LogP contribution in [-0.2, 0) is 11.3 Å². The molecule has 1 saturated carbocycles. The maximum Gasteiger partial charge on any atom is 0.303 e. The van der Waals surface area contributed by atoms with Crippen LogP contribution < -0.4 is 0 Å². The molecule has 0 amide bonds. The van der Waals surface area contributed by atoms with Gasteiger partial charge in [-0.2, -0.15) is 0 Å². The van der Waals surface area contributed by atoms with Crippen molar-refractivity contribution in [2.45, 2.75) is 45.1 Å². The normalized spacial score (nSPS) is 29.8. The van der Waals surface area contributed by atoms with Gasteiger partial charge >= 0.3 is 5.97 Å². The number of nitrogens with zero attached hydrogens (tertiary/aromatic N) is 1. The lowest BCUT2D eigenvalue weighted by molar-refractivity contribution is -0.137. The van der Waals surface area contributed by atoms with E-state index in [0.717, 1.165) is 49.9 Å². The van der Waals surface area contributed by atoms with Gasteiger partial charge in [-0.25, -0.2) is 0 Å². The number of rotatable bonds is 6. The van der Waals surface area contributed by atoms with E-state index in [9.17, 15) is 4.79 Å². The Morgan fingerprint density at radius 1 is 1.50 bits per heavy atom. The van der Waals surface area contributed by atoms with E-state index < -0.39 is 5.97 Å². The molecule has 2 aliphatic rings. The predicted octanol–water partition coefficient (Wildman–Crippen LogP) is 3.09. The van der Waals surface area contributed by atoms with Crippen molar-refractivity contribution in [1.29, 1.82) is 0 Å². The van der Waals surface area contributed by atoms with Gasteiger partial charge in [0, 0.05) is 18.9 Å². The second-order valence-corrected chi connectivity index (χ2v) is 6.45. The van der Waals surface area contributed by atoms with E-state index in [0.29, 0.717) is 18.3 Å². The second-order valence-electron chi connectivity index (χ2n) is 6.45. The Bertz CT molecular complexity index is 482.